The summed E-state index contributed by atoms with van der Waals surface area (Å²) in [5.41, 5.74) is 2.05. The molecule has 0 spiro atoms. The van der Waals surface area contributed by atoms with E-state index in [0.717, 1.165) is 24.1 Å². The van der Waals surface area contributed by atoms with Gasteiger partial charge in [0.1, 0.15) is 0 Å². The van der Waals surface area contributed by atoms with E-state index in [2.05, 4.69) is 6.92 Å². The van der Waals surface area contributed by atoms with Crippen LogP contribution in [0.5, 0.6) is 0 Å². The monoisotopic (exact) mass is 398 g/mol. The van der Waals surface area contributed by atoms with Crippen molar-refractivity contribution in [3.8, 4) is 16.9 Å². The summed E-state index contributed by atoms with van der Waals surface area (Å²) < 4.78 is 3.19. The number of rotatable bonds is 8. The number of nitrogens with zero attached hydrogens (tertiary/aromatic N) is 2. The molecule has 0 saturated carbocycles. The summed E-state index contributed by atoms with van der Waals surface area (Å²) in [7, 11) is 0. The molecule has 0 radical (unpaired) electrons. The highest BCUT2D eigenvalue weighted by Gasteiger charge is 2.22. The molecule has 2 aromatic carbocycles. The molecular weight excluding hydrogens is 376 g/mol. The van der Waals surface area contributed by atoms with E-state index < -0.39 is 5.97 Å². The Bertz CT molecular complexity index is 991. The number of benzene rings is 2. The molecule has 0 fully saturated rings. The van der Waals surface area contributed by atoms with E-state index in [1.807, 2.05) is 30.3 Å². The summed E-state index contributed by atoms with van der Waals surface area (Å²) in [4.78, 5) is 24.7. The standard InChI is InChI=1S/C22H23ClN2O3/c1-2-3-9-19(14-21(26)27)24-15-20(16-7-5-4-6-8-16)25(22(24)28)18-12-10-17(23)11-13-18/h4-8,10-13,15,19H,2-3,9,14H2,1H3,(H,26,27). The molecule has 146 valence electrons. The molecule has 1 unspecified atom stereocenters. The lowest BCUT2D eigenvalue weighted by Gasteiger charge is -2.15. The molecule has 3 rings (SSSR count). The number of hydrogen-bond donors (Lipinski definition) is 1. The van der Waals surface area contributed by atoms with Crippen molar-refractivity contribution in [3.63, 3.8) is 0 Å². The predicted molar refractivity (Wildman–Crippen MR) is 111 cm³/mol. The van der Waals surface area contributed by atoms with Crippen LogP contribution in [0.4, 0.5) is 0 Å². The fourth-order valence-electron chi connectivity index (χ4n) is 3.36. The molecular formula is C22H23ClN2O3. The average Bonchev–Trinajstić information content (AvgIpc) is 3.03. The van der Waals surface area contributed by atoms with Gasteiger partial charge in [-0.15, -0.1) is 0 Å². The number of hydrogen-bond acceptors (Lipinski definition) is 2. The van der Waals surface area contributed by atoms with Crippen LogP contribution in [0.3, 0.4) is 0 Å². The molecule has 3 aromatic rings. The molecule has 0 bridgehead atoms. The number of imidazole rings is 1. The molecule has 28 heavy (non-hydrogen) atoms. The number of carbonyl (C=O) groups is 1. The molecule has 0 aliphatic carbocycles. The lowest BCUT2D eigenvalue weighted by molar-refractivity contribution is -0.138. The molecule has 0 aliphatic rings. The van der Waals surface area contributed by atoms with Crippen molar-refractivity contribution < 1.29 is 9.90 Å². The second kappa shape index (κ2) is 8.93. The average molecular weight is 399 g/mol. The minimum Gasteiger partial charge on any atom is -0.481 e. The van der Waals surface area contributed by atoms with Gasteiger partial charge in [-0.3, -0.25) is 13.9 Å². The van der Waals surface area contributed by atoms with Crippen LogP contribution in [0, 0.1) is 0 Å². The maximum atomic E-state index is 13.3. The minimum absolute atomic E-state index is 0.0846. The zero-order valence-corrected chi connectivity index (χ0v) is 16.5. The van der Waals surface area contributed by atoms with Gasteiger partial charge in [0.2, 0.25) is 0 Å². The Morgan fingerprint density at radius 3 is 2.39 bits per heavy atom. The maximum absolute atomic E-state index is 13.3. The smallest absolute Gasteiger partial charge is 0.333 e. The topological polar surface area (TPSA) is 64.2 Å². The first kappa shape index (κ1) is 20.0. The van der Waals surface area contributed by atoms with Gasteiger partial charge in [-0.1, -0.05) is 61.7 Å². The van der Waals surface area contributed by atoms with Crippen LogP contribution in [-0.4, -0.2) is 20.2 Å². The molecule has 0 saturated heterocycles. The predicted octanol–water partition coefficient (Wildman–Crippen LogP) is 5.17. The van der Waals surface area contributed by atoms with Gasteiger partial charge in [0.15, 0.2) is 0 Å². The zero-order valence-electron chi connectivity index (χ0n) is 15.7. The van der Waals surface area contributed by atoms with Crippen molar-refractivity contribution in [1.82, 2.24) is 9.13 Å². The van der Waals surface area contributed by atoms with Crippen LogP contribution >= 0.6 is 11.6 Å². The van der Waals surface area contributed by atoms with E-state index >= 15 is 0 Å². The third-order valence-electron chi connectivity index (χ3n) is 4.76. The normalized spacial score (nSPS) is 12.1. The van der Waals surface area contributed by atoms with Gasteiger partial charge < -0.3 is 5.11 Å². The largest absolute Gasteiger partial charge is 0.481 e. The van der Waals surface area contributed by atoms with Crippen LogP contribution in [0.2, 0.25) is 5.02 Å². The van der Waals surface area contributed by atoms with E-state index in [0.29, 0.717) is 17.1 Å². The third kappa shape index (κ3) is 4.37. The number of halogens is 1. The summed E-state index contributed by atoms with van der Waals surface area (Å²) in [5.74, 6) is -0.909. The lowest BCUT2D eigenvalue weighted by Crippen LogP contribution is -2.28. The molecule has 1 atom stereocenters. The van der Waals surface area contributed by atoms with Crippen LogP contribution in [0.15, 0.2) is 65.6 Å². The fraction of sp³-hybridized carbons (Fsp3) is 0.273. The number of carboxylic acids is 1. The summed E-state index contributed by atoms with van der Waals surface area (Å²) >= 11 is 6.01. The molecule has 1 heterocycles. The van der Waals surface area contributed by atoms with Gasteiger partial charge in [0, 0.05) is 22.8 Å². The quantitative estimate of drug-likeness (QED) is 0.569. The van der Waals surface area contributed by atoms with Crippen molar-refractivity contribution in [2.45, 2.75) is 38.6 Å². The van der Waals surface area contributed by atoms with Crippen LogP contribution in [-0.2, 0) is 4.79 Å². The Labute approximate surface area is 168 Å². The highest BCUT2D eigenvalue weighted by atomic mass is 35.5. The summed E-state index contributed by atoms with van der Waals surface area (Å²) in [5, 5.41) is 9.93. The fourth-order valence-corrected chi connectivity index (χ4v) is 3.48. The van der Waals surface area contributed by atoms with Gasteiger partial charge in [0.05, 0.1) is 17.8 Å². The lowest BCUT2D eigenvalue weighted by atomic mass is 10.1. The highest BCUT2D eigenvalue weighted by Crippen LogP contribution is 2.26. The van der Waals surface area contributed by atoms with Gasteiger partial charge in [-0.05, 0) is 30.7 Å². The van der Waals surface area contributed by atoms with E-state index in [9.17, 15) is 14.7 Å². The van der Waals surface area contributed by atoms with Crippen molar-refractivity contribution in [3.05, 3.63) is 76.3 Å². The number of unbranched alkanes of at least 4 members (excludes halogenated alkanes) is 1. The summed E-state index contributed by atoms with van der Waals surface area (Å²) in [6, 6.07) is 16.3. The Morgan fingerprint density at radius 1 is 1.11 bits per heavy atom. The molecule has 0 aliphatic heterocycles. The van der Waals surface area contributed by atoms with Crippen molar-refractivity contribution in [2.75, 3.05) is 0 Å². The van der Waals surface area contributed by atoms with Crippen molar-refractivity contribution in [2.24, 2.45) is 0 Å². The van der Waals surface area contributed by atoms with Gasteiger partial charge in [-0.2, -0.15) is 0 Å². The third-order valence-corrected chi connectivity index (χ3v) is 5.02. The van der Waals surface area contributed by atoms with Gasteiger partial charge in [-0.25, -0.2) is 4.79 Å². The number of aromatic nitrogens is 2. The van der Waals surface area contributed by atoms with Crippen molar-refractivity contribution >= 4 is 17.6 Å². The van der Waals surface area contributed by atoms with Crippen LogP contribution in [0.1, 0.15) is 38.6 Å². The Balaban J connectivity index is 2.18. The molecule has 1 N–H and O–H groups in total. The highest BCUT2D eigenvalue weighted by molar-refractivity contribution is 6.30. The second-order valence-corrected chi connectivity index (χ2v) is 7.21. The van der Waals surface area contributed by atoms with E-state index in [4.69, 9.17) is 11.6 Å². The number of carboxylic acid groups (broad SMARTS) is 1. The molecule has 5 nitrogen and oxygen atoms in total. The SMILES string of the molecule is CCCCC(CC(=O)O)n1cc(-c2ccccc2)n(-c2ccc(Cl)cc2)c1=O. The Kier molecular flexibility index (Phi) is 6.37. The Hall–Kier alpha value is -2.79. The van der Waals surface area contributed by atoms with E-state index in [1.54, 1.807) is 39.6 Å². The first-order valence-electron chi connectivity index (χ1n) is 9.38. The first-order valence-corrected chi connectivity index (χ1v) is 9.76. The summed E-state index contributed by atoms with van der Waals surface area (Å²) in [6.07, 6.45) is 4.13. The van der Waals surface area contributed by atoms with E-state index in [1.165, 1.54) is 0 Å². The first-order chi connectivity index (χ1) is 13.5. The van der Waals surface area contributed by atoms with E-state index in [-0.39, 0.29) is 18.2 Å². The summed E-state index contributed by atoms with van der Waals surface area (Å²) in [6.45, 7) is 2.05. The Morgan fingerprint density at radius 2 is 1.79 bits per heavy atom. The second-order valence-electron chi connectivity index (χ2n) is 6.78. The van der Waals surface area contributed by atoms with Gasteiger partial charge >= 0.3 is 11.7 Å². The maximum Gasteiger partial charge on any atom is 0.333 e. The molecule has 0 amide bonds. The molecule has 1 aromatic heterocycles. The van der Waals surface area contributed by atoms with Crippen LogP contribution < -0.4 is 5.69 Å². The zero-order chi connectivity index (χ0) is 20.1. The molecule has 6 heteroatoms. The van der Waals surface area contributed by atoms with Gasteiger partial charge in [0.25, 0.3) is 0 Å². The van der Waals surface area contributed by atoms with Crippen LogP contribution in [0.25, 0.3) is 16.9 Å². The minimum atomic E-state index is -0.909. The number of aliphatic carboxylic acids is 1. The van der Waals surface area contributed by atoms with Crippen molar-refractivity contribution in [1.29, 1.82) is 0 Å².